The molecule has 9 nitrogen and oxygen atoms in total. The number of carbonyl (C=O) groups excluding carboxylic acids is 2. The Morgan fingerprint density at radius 3 is 2.81 bits per heavy atom. The fourth-order valence-corrected chi connectivity index (χ4v) is 4.40. The Kier molecular flexibility index (Phi) is 5.76. The summed E-state index contributed by atoms with van der Waals surface area (Å²) in [7, 11) is 0. The number of halogens is 1. The van der Waals surface area contributed by atoms with Crippen LogP contribution in [0.2, 0.25) is 5.02 Å². The zero-order valence-corrected chi connectivity index (χ0v) is 16.0. The van der Waals surface area contributed by atoms with Crippen LogP contribution in [0.3, 0.4) is 0 Å². The quantitative estimate of drug-likeness (QED) is 0.422. The number of nitrogens with one attached hydrogen (secondary N) is 2. The standard InChI is InChI=1S/C16H17ClN4O5S/c1-2-7-26-16(23)10-8-5-3-4-6-9(8)27-15(10)18-14(22)12-11(17)13(20-19-12)21(24)25/h2-7H2,1H3,(H,18,22)(H,19,20). The number of thiophene rings is 1. The van der Waals surface area contributed by atoms with E-state index < -0.39 is 22.6 Å². The van der Waals surface area contributed by atoms with E-state index in [0.29, 0.717) is 17.0 Å². The van der Waals surface area contributed by atoms with Crippen molar-refractivity contribution in [1.82, 2.24) is 10.2 Å². The maximum Gasteiger partial charge on any atom is 0.362 e. The highest BCUT2D eigenvalue weighted by molar-refractivity contribution is 7.17. The number of ether oxygens (including phenoxy) is 1. The van der Waals surface area contributed by atoms with Gasteiger partial charge in [0.1, 0.15) is 5.00 Å². The van der Waals surface area contributed by atoms with Crippen LogP contribution in [0.25, 0.3) is 0 Å². The molecule has 27 heavy (non-hydrogen) atoms. The van der Waals surface area contributed by atoms with Crippen molar-refractivity contribution < 1.29 is 19.2 Å². The second kappa shape index (κ2) is 8.05. The van der Waals surface area contributed by atoms with Gasteiger partial charge in [-0.1, -0.05) is 23.6 Å². The van der Waals surface area contributed by atoms with Gasteiger partial charge in [0.2, 0.25) is 0 Å². The summed E-state index contributed by atoms with van der Waals surface area (Å²) in [5.41, 5.74) is 0.960. The van der Waals surface area contributed by atoms with Crippen LogP contribution in [0.4, 0.5) is 10.8 Å². The lowest BCUT2D eigenvalue weighted by atomic mass is 9.95. The van der Waals surface area contributed by atoms with Crippen LogP contribution < -0.4 is 5.32 Å². The number of aromatic nitrogens is 2. The molecule has 0 saturated carbocycles. The average Bonchev–Trinajstić information content (AvgIpc) is 3.19. The second-order valence-corrected chi connectivity index (χ2v) is 7.48. The van der Waals surface area contributed by atoms with Crippen molar-refractivity contribution in [3.63, 3.8) is 0 Å². The van der Waals surface area contributed by atoms with Crippen LogP contribution >= 0.6 is 22.9 Å². The van der Waals surface area contributed by atoms with Crippen molar-refractivity contribution in [3.8, 4) is 0 Å². The molecule has 0 aliphatic heterocycles. The Bertz CT molecular complexity index is 907. The summed E-state index contributed by atoms with van der Waals surface area (Å²) in [6.45, 7) is 2.18. The van der Waals surface area contributed by atoms with E-state index >= 15 is 0 Å². The van der Waals surface area contributed by atoms with Crippen molar-refractivity contribution in [3.05, 3.63) is 36.8 Å². The van der Waals surface area contributed by atoms with Gasteiger partial charge in [-0.05, 0) is 42.6 Å². The molecule has 0 atom stereocenters. The van der Waals surface area contributed by atoms with Gasteiger partial charge in [-0.25, -0.2) is 4.79 Å². The third kappa shape index (κ3) is 3.81. The predicted octanol–water partition coefficient (Wildman–Crippen LogP) is 3.73. The van der Waals surface area contributed by atoms with Gasteiger partial charge in [-0.3, -0.25) is 4.79 Å². The SMILES string of the molecule is CCCOC(=O)c1c(NC(=O)c2n[nH]c([N+](=O)[O-])c2Cl)sc2c1CCCC2. The minimum Gasteiger partial charge on any atom is -0.462 e. The number of anilines is 1. The van der Waals surface area contributed by atoms with Gasteiger partial charge in [0.15, 0.2) is 10.7 Å². The molecule has 1 aliphatic carbocycles. The first-order valence-electron chi connectivity index (χ1n) is 8.45. The number of aryl methyl sites for hydroxylation is 1. The molecule has 0 aromatic carbocycles. The first kappa shape index (κ1) is 19.3. The van der Waals surface area contributed by atoms with Crippen molar-refractivity contribution in [2.75, 3.05) is 11.9 Å². The van der Waals surface area contributed by atoms with E-state index in [2.05, 4.69) is 15.5 Å². The number of nitro groups is 1. The zero-order chi connectivity index (χ0) is 19.6. The van der Waals surface area contributed by atoms with Crippen LogP contribution in [-0.2, 0) is 17.6 Å². The molecular formula is C16H17ClN4O5S. The molecule has 1 aliphatic rings. The van der Waals surface area contributed by atoms with E-state index in [0.717, 1.165) is 36.1 Å². The van der Waals surface area contributed by atoms with E-state index in [1.807, 2.05) is 6.92 Å². The van der Waals surface area contributed by atoms with E-state index in [1.165, 1.54) is 11.3 Å². The molecule has 0 fully saturated rings. The second-order valence-electron chi connectivity index (χ2n) is 6.00. The van der Waals surface area contributed by atoms with Crippen LogP contribution in [0, 0.1) is 10.1 Å². The summed E-state index contributed by atoms with van der Waals surface area (Å²) in [5.74, 6) is -1.77. The highest BCUT2D eigenvalue weighted by Crippen LogP contribution is 2.39. The number of rotatable bonds is 6. The van der Waals surface area contributed by atoms with E-state index in [1.54, 1.807) is 0 Å². The van der Waals surface area contributed by atoms with Gasteiger partial charge in [0, 0.05) is 4.88 Å². The van der Waals surface area contributed by atoms with Crippen molar-refractivity contribution in [2.45, 2.75) is 39.0 Å². The summed E-state index contributed by atoms with van der Waals surface area (Å²) in [6, 6.07) is 0. The van der Waals surface area contributed by atoms with Crippen LogP contribution in [-0.4, -0.2) is 33.6 Å². The van der Waals surface area contributed by atoms with Gasteiger partial charge in [-0.2, -0.15) is 0 Å². The fourth-order valence-electron chi connectivity index (χ4n) is 2.89. The summed E-state index contributed by atoms with van der Waals surface area (Å²) >= 11 is 7.19. The Labute approximate surface area is 163 Å². The molecule has 2 N–H and O–H groups in total. The van der Waals surface area contributed by atoms with Crippen LogP contribution in [0.5, 0.6) is 0 Å². The highest BCUT2D eigenvalue weighted by Gasteiger charge is 2.30. The monoisotopic (exact) mass is 412 g/mol. The number of esters is 1. The molecular weight excluding hydrogens is 396 g/mol. The Balaban J connectivity index is 1.92. The largest absolute Gasteiger partial charge is 0.462 e. The first-order chi connectivity index (χ1) is 12.9. The first-order valence-corrected chi connectivity index (χ1v) is 9.64. The number of aromatic amines is 1. The number of hydrogen-bond donors (Lipinski definition) is 2. The highest BCUT2D eigenvalue weighted by atomic mass is 35.5. The topological polar surface area (TPSA) is 127 Å². The molecule has 11 heteroatoms. The van der Waals surface area contributed by atoms with E-state index in [4.69, 9.17) is 16.3 Å². The number of nitrogens with zero attached hydrogens (tertiary/aromatic N) is 2. The lowest BCUT2D eigenvalue weighted by molar-refractivity contribution is -0.389. The molecule has 2 aromatic heterocycles. The predicted molar refractivity (Wildman–Crippen MR) is 99.7 cm³/mol. The number of amides is 1. The molecule has 0 bridgehead atoms. The molecule has 0 unspecified atom stereocenters. The van der Waals surface area contributed by atoms with Gasteiger partial charge in [-0.15, -0.1) is 16.4 Å². The number of H-pyrrole nitrogens is 1. The molecule has 144 valence electrons. The normalized spacial score (nSPS) is 13.1. The number of hydrogen-bond acceptors (Lipinski definition) is 7. The van der Waals surface area contributed by atoms with Gasteiger partial charge < -0.3 is 20.2 Å². The van der Waals surface area contributed by atoms with Crippen molar-refractivity contribution in [1.29, 1.82) is 0 Å². The summed E-state index contributed by atoms with van der Waals surface area (Å²) in [5, 5.41) is 19.2. The van der Waals surface area contributed by atoms with E-state index in [-0.39, 0.29) is 17.3 Å². The average molecular weight is 413 g/mol. The van der Waals surface area contributed by atoms with Crippen LogP contribution in [0.1, 0.15) is 57.5 Å². The number of fused-ring (bicyclic) bond motifs is 1. The Morgan fingerprint density at radius 1 is 1.41 bits per heavy atom. The maximum absolute atomic E-state index is 12.5. The third-order valence-electron chi connectivity index (χ3n) is 4.13. The third-order valence-corrected chi connectivity index (χ3v) is 5.69. The van der Waals surface area contributed by atoms with Gasteiger partial charge in [0.25, 0.3) is 5.91 Å². The minimum absolute atomic E-state index is 0.286. The van der Waals surface area contributed by atoms with Gasteiger partial charge >= 0.3 is 11.8 Å². The molecule has 2 heterocycles. The summed E-state index contributed by atoms with van der Waals surface area (Å²) < 4.78 is 5.27. The van der Waals surface area contributed by atoms with Crippen molar-refractivity contribution >= 4 is 45.6 Å². The molecule has 0 saturated heterocycles. The fraction of sp³-hybridized carbons (Fsp3) is 0.438. The number of carbonyl (C=O) groups is 2. The molecule has 0 radical (unpaired) electrons. The van der Waals surface area contributed by atoms with Crippen LogP contribution in [0.15, 0.2) is 0 Å². The van der Waals surface area contributed by atoms with Crippen molar-refractivity contribution in [2.24, 2.45) is 0 Å². The molecule has 1 amide bonds. The lowest BCUT2D eigenvalue weighted by Crippen LogP contribution is -2.16. The Morgan fingerprint density at radius 2 is 2.15 bits per heavy atom. The summed E-state index contributed by atoms with van der Waals surface area (Å²) in [4.78, 5) is 36.2. The van der Waals surface area contributed by atoms with E-state index in [9.17, 15) is 19.7 Å². The molecule has 2 aromatic rings. The minimum atomic E-state index is -0.760. The zero-order valence-electron chi connectivity index (χ0n) is 14.5. The smallest absolute Gasteiger partial charge is 0.362 e. The molecule has 0 spiro atoms. The summed E-state index contributed by atoms with van der Waals surface area (Å²) in [6.07, 6.45) is 4.24. The lowest BCUT2D eigenvalue weighted by Gasteiger charge is -2.12. The maximum atomic E-state index is 12.5. The Hall–Kier alpha value is -2.46. The van der Waals surface area contributed by atoms with Gasteiger partial charge in [0.05, 0.1) is 12.2 Å². The molecule has 3 rings (SSSR count).